The molecule has 11 heteroatoms. The number of unbranched alkanes of at least 4 members (excludes halogenated alkanes) is 12. The second kappa shape index (κ2) is 44.3. The van der Waals surface area contributed by atoms with Crippen LogP contribution in [0, 0.1) is 0 Å². The number of carboxylic acid groups (broad SMARTS) is 2. The fourth-order valence-corrected chi connectivity index (χ4v) is 7.91. The van der Waals surface area contributed by atoms with Crippen LogP contribution < -0.4 is 10.2 Å². The van der Waals surface area contributed by atoms with Gasteiger partial charge < -0.3 is 38.7 Å². The summed E-state index contributed by atoms with van der Waals surface area (Å²) in [5, 5.41) is 21.1. The Morgan fingerprint density at radius 3 is 0.985 bits per heavy atom. The van der Waals surface area contributed by atoms with E-state index in [2.05, 4.69) is 38.1 Å². The number of ether oxygens (including phenoxy) is 4. The molecule has 0 amide bonds. The standard InChI is InChI=1S/2C27H44O5.Ba/c2*1-3-4-5-6-10-17-25(31-22-24-15-8-7-9-16-24)18-11-12-19-26(32-23(2)28)20-13-14-21-27(29)30;/h2*7-9,15-16,25-26H,3-6,10-14,17-22H2,1-2H3,(H,29,30);/q;;+2/p-2. The first-order valence-electron chi connectivity index (χ1n) is 25.1. The maximum Gasteiger partial charge on any atom is 2.00 e. The summed E-state index contributed by atoms with van der Waals surface area (Å²) in [6, 6.07) is 20.6. The van der Waals surface area contributed by atoms with Crippen LogP contribution in [0.25, 0.3) is 0 Å². The molecule has 0 aliphatic heterocycles. The molecule has 364 valence electrons. The van der Waals surface area contributed by atoms with Crippen LogP contribution in [0.5, 0.6) is 0 Å². The smallest absolute Gasteiger partial charge is 0.550 e. The average Bonchev–Trinajstić information content (AvgIpc) is 3.27. The van der Waals surface area contributed by atoms with Crippen molar-refractivity contribution in [3.8, 4) is 0 Å². The van der Waals surface area contributed by atoms with Crippen molar-refractivity contribution in [3.63, 3.8) is 0 Å². The largest absolute Gasteiger partial charge is 2.00 e. The Morgan fingerprint density at radius 2 is 0.692 bits per heavy atom. The van der Waals surface area contributed by atoms with Crippen molar-refractivity contribution in [3.05, 3.63) is 71.8 Å². The Kier molecular flexibility index (Phi) is 42.8. The molecule has 0 aliphatic carbocycles. The number of aliphatic carboxylic acids is 2. The molecule has 0 heterocycles. The van der Waals surface area contributed by atoms with Gasteiger partial charge in [0.2, 0.25) is 0 Å². The van der Waals surface area contributed by atoms with E-state index >= 15 is 0 Å². The van der Waals surface area contributed by atoms with Gasteiger partial charge in [-0.15, -0.1) is 0 Å². The summed E-state index contributed by atoms with van der Waals surface area (Å²) in [7, 11) is 0. The summed E-state index contributed by atoms with van der Waals surface area (Å²) in [4.78, 5) is 43.9. The summed E-state index contributed by atoms with van der Waals surface area (Å²) >= 11 is 0. The first kappa shape index (κ1) is 62.8. The van der Waals surface area contributed by atoms with Gasteiger partial charge in [-0.05, 0) is 114 Å². The third-order valence-electron chi connectivity index (χ3n) is 11.5. The number of benzene rings is 2. The molecule has 0 bridgehead atoms. The first-order valence-corrected chi connectivity index (χ1v) is 25.1. The van der Waals surface area contributed by atoms with Crippen LogP contribution in [-0.4, -0.2) is 97.2 Å². The van der Waals surface area contributed by atoms with Crippen LogP contribution in [0.1, 0.15) is 219 Å². The van der Waals surface area contributed by atoms with E-state index in [-0.39, 0.29) is 98.1 Å². The van der Waals surface area contributed by atoms with E-state index in [9.17, 15) is 29.4 Å². The van der Waals surface area contributed by atoms with Crippen molar-refractivity contribution >= 4 is 72.8 Å². The number of hydrogen-bond donors (Lipinski definition) is 0. The van der Waals surface area contributed by atoms with Gasteiger partial charge in [-0.2, -0.15) is 0 Å². The van der Waals surface area contributed by atoms with Crippen LogP contribution in [-0.2, 0) is 51.3 Å². The maximum atomic E-state index is 11.4. The minimum Gasteiger partial charge on any atom is -0.550 e. The Balaban J connectivity index is 0.00000124. The van der Waals surface area contributed by atoms with Crippen molar-refractivity contribution in [1.29, 1.82) is 0 Å². The van der Waals surface area contributed by atoms with Crippen molar-refractivity contribution in [2.45, 2.75) is 245 Å². The van der Waals surface area contributed by atoms with E-state index in [1.807, 2.05) is 36.4 Å². The topological polar surface area (TPSA) is 151 Å². The molecule has 0 spiro atoms. The Labute approximate surface area is 434 Å². The van der Waals surface area contributed by atoms with Crippen molar-refractivity contribution in [2.24, 2.45) is 0 Å². The zero-order valence-electron chi connectivity index (χ0n) is 41.1. The van der Waals surface area contributed by atoms with Crippen LogP contribution in [0.3, 0.4) is 0 Å². The number of carboxylic acids is 2. The third-order valence-corrected chi connectivity index (χ3v) is 11.5. The Hall–Kier alpha value is -2.19. The molecular weight excluding hydrogens is 946 g/mol. The zero-order valence-corrected chi connectivity index (χ0v) is 45.5. The van der Waals surface area contributed by atoms with Gasteiger partial charge >= 0.3 is 60.8 Å². The molecule has 4 atom stereocenters. The van der Waals surface area contributed by atoms with E-state index in [1.165, 1.54) is 89.2 Å². The van der Waals surface area contributed by atoms with Crippen molar-refractivity contribution < 1.29 is 48.3 Å². The minimum atomic E-state index is -1.02. The van der Waals surface area contributed by atoms with Gasteiger partial charge in [0.1, 0.15) is 12.2 Å². The predicted molar refractivity (Wildman–Crippen MR) is 258 cm³/mol. The molecule has 0 saturated carbocycles. The molecule has 65 heavy (non-hydrogen) atoms. The number of carbonyl (C=O) groups excluding carboxylic acids is 4. The van der Waals surface area contributed by atoms with Crippen LogP contribution in [0.4, 0.5) is 0 Å². The van der Waals surface area contributed by atoms with Crippen molar-refractivity contribution in [1.82, 2.24) is 0 Å². The van der Waals surface area contributed by atoms with E-state index in [4.69, 9.17) is 18.9 Å². The quantitative estimate of drug-likeness (QED) is 0.0358. The van der Waals surface area contributed by atoms with Gasteiger partial charge in [-0.25, -0.2) is 0 Å². The van der Waals surface area contributed by atoms with Gasteiger partial charge in [0, 0.05) is 25.8 Å². The molecule has 2 aromatic carbocycles. The molecule has 0 saturated heterocycles. The van der Waals surface area contributed by atoms with Gasteiger partial charge in [0.05, 0.1) is 25.4 Å². The fraction of sp³-hybridized carbons (Fsp3) is 0.704. The average molecular weight is 1030 g/mol. The third kappa shape index (κ3) is 40.6. The second-order valence-electron chi connectivity index (χ2n) is 17.5. The number of carbonyl (C=O) groups is 4. The fourth-order valence-electron chi connectivity index (χ4n) is 7.91. The van der Waals surface area contributed by atoms with E-state index in [0.29, 0.717) is 38.9 Å². The first-order chi connectivity index (χ1) is 31.0. The second-order valence-corrected chi connectivity index (χ2v) is 17.5. The molecule has 10 nitrogen and oxygen atoms in total. The Morgan fingerprint density at radius 1 is 0.415 bits per heavy atom. The summed E-state index contributed by atoms with van der Waals surface area (Å²) in [5.74, 6) is -2.59. The summed E-state index contributed by atoms with van der Waals surface area (Å²) < 4.78 is 23.4. The molecule has 0 aromatic heterocycles. The molecule has 0 N–H and O–H groups in total. The molecule has 4 unspecified atom stereocenters. The minimum absolute atomic E-state index is 0. The van der Waals surface area contributed by atoms with Crippen LogP contribution in [0.15, 0.2) is 60.7 Å². The van der Waals surface area contributed by atoms with Gasteiger partial charge in [0.25, 0.3) is 0 Å². The molecule has 0 radical (unpaired) electrons. The molecule has 2 aromatic rings. The van der Waals surface area contributed by atoms with Gasteiger partial charge in [0.15, 0.2) is 0 Å². The summed E-state index contributed by atoms with van der Waals surface area (Å²) in [5.41, 5.74) is 2.41. The van der Waals surface area contributed by atoms with E-state index in [1.54, 1.807) is 0 Å². The SMILES string of the molecule is CCCCCCCC(CCCCC(CCCCC(=O)[O-])OC(C)=O)OCc1ccccc1.CCCCCCCC(CCCCC(CCCCC(=O)[O-])OC(C)=O)OCc1ccccc1.[Ba+2]. The molecule has 0 aliphatic rings. The van der Waals surface area contributed by atoms with Gasteiger partial charge in [-0.1, -0.05) is 152 Å². The monoisotopic (exact) mass is 1030 g/mol. The number of hydrogen-bond acceptors (Lipinski definition) is 10. The summed E-state index contributed by atoms with van der Waals surface area (Å²) in [6.45, 7) is 8.63. The zero-order chi connectivity index (χ0) is 46.9. The van der Waals surface area contributed by atoms with Crippen LogP contribution >= 0.6 is 0 Å². The molecular formula is C54H86BaO10. The van der Waals surface area contributed by atoms with Gasteiger partial charge in [-0.3, -0.25) is 9.59 Å². The summed E-state index contributed by atoms with van der Waals surface area (Å²) in [6.07, 6.45) is 26.8. The van der Waals surface area contributed by atoms with Crippen molar-refractivity contribution in [2.75, 3.05) is 0 Å². The normalized spacial score (nSPS) is 12.7. The maximum absolute atomic E-state index is 11.4. The Bertz CT molecular complexity index is 1320. The van der Waals surface area contributed by atoms with Crippen LogP contribution in [0.2, 0.25) is 0 Å². The molecule has 0 fully saturated rings. The van der Waals surface area contributed by atoms with E-state index in [0.717, 1.165) is 77.0 Å². The molecule has 2 rings (SSSR count). The predicted octanol–water partition coefficient (Wildman–Crippen LogP) is 11.1. The number of esters is 2. The number of rotatable bonds is 40. The van der Waals surface area contributed by atoms with E-state index < -0.39 is 11.9 Å².